The van der Waals surface area contributed by atoms with Crippen molar-refractivity contribution in [2.45, 2.75) is 6.04 Å². The summed E-state index contributed by atoms with van der Waals surface area (Å²) in [6, 6.07) is 2.29. The van der Waals surface area contributed by atoms with Crippen molar-refractivity contribution in [1.29, 1.82) is 0 Å². The highest BCUT2D eigenvalue weighted by Gasteiger charge is 2.18. The van der Waals surface area contributed by atoms with Crippen molar-refractivity contribution in [2.24, 2.45) is 5.73 Å². The van der Waals surface area contributed by atoms with E-state index in [0.717, 1.165) is 5.52 Å². The molecule has 6 heteroatoms. The fraction of sp³-hybridized carbons (Fsp3) is 0.125. The van der Waals surface area contributed by atoms with Crippen LogP contribution in [0.5, 0.6) is 0 Å². The molecule has 2 heterocycles. The summed E-state index contributed by atoms with van der Waals surface area (Å²) in [4.78, 5) is 14.5. The Bertz CT molecular complexity index is 479. The first-order valence-electron chi connectivity index (χ1n) is 3.96. The van der Waals surface area contributed by atoms with Crippen molar-refractivity contribution < 1.29 is 9.90 Å². The van der Waals surface area contributed by atoms with Crippen LogP contribution in [0.25, 0.3) is 5.52 Å². The van der Waals surface area contributed by atoms with E-state index >= 15 is 0 Å². The fourth-order valence-electron chi connectivity index (χ4n) is 1.25. The van der Waals surface area contributed by atoms with Crippen molar-refractivity contribution in [3.63, 3.8) is 0 Å². The van der Waals surface area contributed by atoms with Crippen molar-refractivity contribution in [2.75, 3.05) is 0 Å². The topological polar surface area (TPSA) is 93.5 Å². The van der Waals surface area contributed by atoms with E-state index < -0.39 is 12.0 Å². The molecule has 0 aliphatic carbocycles. The molecule has 0 amide bonds. The molecule has 14 heavy (non-hydrogen) atoms. The van der Waals surface area contributed by atoms with Crippen LogP contribution in [-0.2, 0) is 4.79 Å². The van der Waals surface area contributed by atoms with Crippen LogP contribution < -0.4 is 5.73 Å². The summed E-state index contributed by atoms with van der Waals surface area (Å²) >= 11 is 0. The van der Waals surface area contributed by atoms with Crippen LogP contribution >= 0.6 is 0 Å². The fourth-order valence-corrected chi connectivity index (χ4v) is 1.25. The predicted octanol–water partition coefficient (Wildman–Crippen LogP) is -0.186. The van der Waals surface area contributed by atoms with Crippen molar-refractivity contribution in [3.8, 4) is 0 Å². The maximum absolute atomic E-state index is 10.7. The van der Waals surface area contributed by atoms with E-state index in [2.05, 4.69) is 10.1 Å². The van der Waals surface area contributed by atoms with E-state index in [1.165, 1.54) is 10.8 Å². The van der Waals surface area contributed by atoms with Gasteiger partial charge in [-0.15, -0.1) is 0 Å². The average molecular weight is 192 g/mol. The van der Waals surface area contributed by atoms with Crippen LogP contribution in [0.4, 0.5) is 0 Å². The Morgan fingerprint density at radius 2 is 2.36 bits per heavy atom. The Labute approximate surface area is 79.0 Å². The number of hydrogen-bond acceptors (Lipinski definition) is 4. The first-order valence-corrected chi connectivity index (χ1v) is 3.96. The van der Waals surface area contributed by atoms with Crippen LogP contribution in [0, 0.1) is 0 Å². The lowest BCUT2D eigenvalue weighted by Gasteiger charge is -2.05. The number of carbonyl (C=O) groups is 1. The monoisotopic (exact) mass is 192 g/mol. The minimum atomic E-state index is -1.08. The number of nitrogens with two attached hydrogens (primary N) is 1. The average Bonchev–Trinajstić information content (AvgIpc) is 2.60. The molecular formula is C8H8N4O2. The smallest absolute Gasteiger partial charge is 0.326 e. The molecule has 0 saturated carbocycles. The van der Waals surface area contributed by atoms with Gasteiger partial charge in [-0.2, -0.15) is 5.10 Å². The third-order valence-electron chi connectivity index (χ3n) is 1.94. The van der Waals surface area contributed by atoms with Crippen LogP contribution in [0.1, 0.15) is 11.7 Å². The maximum atomic E-state index is 10.7. The minimum absolute atomic E-state index is 0.440. The van der Waals surface area contributed by atoms with Gasteiger partial charge in [0.1, 0.15) is 12.4 Å². The Hall–Kier alpha value is -1.95. The zero-order valence-corrected chi connectivity index (χ0v) is 7.16. The van der Waals surface area contributed by atoms with Gasteiger partial charge in [0.05, 0.1) is 17.4 Å². The molecule has 0 fully saturated rings. The second-order valence-corrected chi connectivity index (χ2v) is 2.82. The first kappa shape index (κ1) is 8.64. The van der Waals surface area contributed by atoms with Gasteiger partial charge in [-0.1, -0.05) is 0 Å². The van der Waals surface area contributed by atoms with E-state index in [1.807, 2.05) is 0 Å². The van der Waals surface area contributed by atoms with Crippen molar-refractivity contribution in [3.05, 3.63) is 30.4 Å². The van der Waals surface area contributed by atoms with Gasteiger partial charge in [0.15, 0.2) is 0 Å². The largest absolute Gasteiger partial charge is 0.480 e. The number of aliphatic carboxylic acids is 1. The first-order chi connectivity index (χ1) is 6.70. The lowest BCUT2D eigenvalue weighted by atomic mass is 10.2. The molecule has 72 valence electrons. The molecule has 0 spiro atoms. The molecule has 1 atom stereocenters. The van der Waals surface area contributed by atoms with Gasteiger partial charge >= 0.3 is 5.97 Å². The van der Waals surface area contributed by atoms with Crippen molar-refractivity contribution >= 4 is 11.5 Å². The lowest BCUT2D eigenvalue weighted by Crippen LogP contribution is -2.22. The Kier molecular flexibility index (Phi) is 1.90. The summed E-state index contributed by atoms with van der Waals surface area (Å²) < 4.78 is 1.46. The number of hydrogen-bond donors (Lipinski definition) is 2. The van der Waals surface area contributed by atoms with E-state index in [4.69, 9.17) is 10.8 Å². The standard InChI is InChI=1S/C8H8N4O2/c9-7(8(13)14)6-2-1-5-3-10-4-11-12(5)6/h1-4,7H,9H2,(H,13,14). The molecule has 0 aliphatic heterocycles. The number of nitrogens with zero attached hydrogens (tertiary/aromatic N) is 3. The number of aromatic nitrogens is 3. The third-order valence-corrected chi connectivity index (χ3v) is 1.94. The normalized spacial score (nSPS) is 12.9. The van der Waals surface area contributed by atoms with E-state index in [-0.39, 0.29) is 0 Å². The minimum Gasteiger partial charge on any atom is -0.480 e. The number of carboxylic acids is 1. The van der Waals surface area contributed by atoms with Gasteiger partial charge in [0.25, 0.3) is 0 Å². The molecule has 6 nitrogen and oxygen atoms in total. The number of carboxylic acid groups (broad SMARTS) is 1. The molecule has 0 aliphatic rings. The van der Waals surface area contributed by atoms with Crippen LogP contribution in [0.3, 0.4) is 0 Å². The molecule has 0 radical (unpaired) electrons. The van der Waals surface area contributed by atoms with Gasteiger partial charge in [-0.05, 0) is 12.1 Å². The molecule has 2 rings (SSSR count). The summed E-state index contributed by atoms with van der Waals surface area (Å²) in [7, 11) is 0. The number of fused-ring (bicyclic) bond motifs is 1. The van der Waals surface area contributed by atoms with Gasteiger partial charge in [0.2, 0.25) is 0 Å². The number of rotatable bonds is 2. The SMILES string of the molecule is NC(C(=O)O)c1ccc2cncnn12. The quantitative estimate of drug-likeness (QED) is 0.688. The highest BCUT2D eigenvalue weighted by molar-refractivity contribution is 5.75. The highest BCUT2D eigenvalue weighted by Crippen LogP contribution is 2.13. The van der Waals surface area contributed by atoms with Gasteiger partial charge in [-0.3, -0.25) is 4.79 Å². The van der Waals surface area contributed by atoms with E-state index in [1.54, 1.807) is 18.3 Å². The second kappa shape index (κ2) is 3.08. The van der Waals surface area contributed by atoms with E-state index in [9.17, 15) is 4.79 Å². The molecule has 2 aromatic heterocycles. The van der Waals surface area contributed by atoms with E-state index in [0.29, 0.717) is 5.69 Å². The maximum Gasteiger partial charge on any atom is 0.326 e. The zero-order valence-electron chi connectivity index (χ0n) is 7.16. The van der Waals surface area contributed by atoms with Gasteiger partial charge in [0, 0.05) is 0 Å². The zero-order chi connectivity index (χ0) is 10.1. The van der Waals surface area contributed by atoms with Crippen LogP contribution in [-0.4, -0.2) is 25.7 Å². The summed E-state index contributed by atoms with van der Waals surface area (Å²) in [5.74, 6) is -1.08. The van der Waals surface area contributed by atoms with Crippen LogP contribution in [0.2, 0.25) is 0 Å². The molecule has 0 bridgehead atoms. The molecular weight excluding hydrogens is 184 g/mol. The molecule has 0 saturated heterocycles. The highest BCUT2D eigenvalue weighted by atomic mass is 16.4. The Balaban J connectivity index is 2.58. The lowest BCUT2D eigenvalue weighted by molar-refractivity contribution is -0.138. The Morgan fingerprint density at radius 3 is 3.07 bits per heavy atom. The van der Waals surface area contributed by atoms with Crippen molar-refractivity contribution in [1.82, 2.24) is 14.6 Å². The summed E-state index contributed by atoms with van der Waals surface area (Å²) in [5.41, 5.74) is 6.63. The van der Waals surface area contributed by atoms with Crippen LogP contribution in [0.15, 0.2) is 24.7 Å². The molecule has 2 aromatic rings. The second-order valence-electron chi connectivity index (χ2n) is 2.82. The Morgan fingerprint density at radius 1 is 1.57 bits per heavy atom. The summed E-state index contributed by atoms with van der Waals surface area (Å²) in [6.07, 6.45) is 2.93. The summed E-state index contributed by atoms with van der Waals surface area (Å²) in [6.45, 7) is 0. The summed E-state index contributed by atoms with van der Waals surface area (Å²) in [5, 5.41) is 12.6. The predicted molar refractivity (Wildman–Crippen MR) is 47.6 cm³/mol. The van der Waals surface area contributed by atoms with Gasteiger partial charge < -0.3 is 10.8 Å². The molecule has 0 aromatic carbocycles. The third kappa shape index (κ3) is 1.21. The van der Waals surface area contributed by atoms with Gasteiger partial charge in [-0.25, -0.2) is 9.50 Å². The molecule has 3 N–H and O–H groups in total. The molecule has 1 unspecified atom stereocenters.